The minimum absolute atomic E-state index is 0.333. The number of rotatable bonds is 7. The predicted octanol–water partition coefficient (Wildman–Crippen LogP) is 4.97. The molecule has 0 aliphatic heterocycles. The number of hydrogen-bond donors (Lipinski definition) is 2. The topological polar surface area (TPSA) is 76.1 Å². The summed E-state index contributed by atoms with van der Waals surface area (Å²) in [5.41, 5.74) is 2.43. The molecule has 0 amide bonds. The maximum absolute atomic E-state index is 11.7. The molecule has 6 nitrogen and oxygen atoms in total. The Kier molecular flexibility index (Phi) is 6.45. The Hall–Kier alpha value is -3.12. The van der Waals surface area contributed by atoms with Crippen molar-refractivity contribution in [1.82, 2.24) is 9.97 Å². The fraction of sp³-hybridized carbons (Fsp3) is 0.190. The van der Waals surface area contributed by atoms with Crippen molar-refractivity contribution in [2.75, 3.05) is 17.2 Å². The van der Waals surface area contributed by atoms with Crippen molar-refractivity contribution in [3.8, 4) is 0 Å². The number of carbonyl (C=O) groups excluding carboxylic acids is 1. The summed E-state index contributed by atoms with van der Waals surface area (Å²) in [5.74, 6) is 1.69. The van der Waals surface area contributed by atoms with Crippen molar-refractivity contribution >= 4 is 34.9 Å². The predicted molar refractivity (Wildman–Crippen MR) is 111 cm³/mol. The zero-order valence-corrected chi connectivity index (χ0v) is 16.5. The van der Waals surface area contributed by atoms with E-state index in [0.717, 1.165) is 11.3 Å². The van der Waals surface area contributed by atoms with Crippen LogP contribution in [0, 0.1) is 6.92 Å². The fourth-order valence-corrected chi connectivity index (χ4v) is 2.70. The molecule has 3 aromatic rings. The number of ether oxygens (including phenoxy) is 1. The van der Waals surface area contributed by atoms with Gasteiger partial charge in [-0.15, -0.1) is 0 Å². The molecule has 28 heavy (non-hydrogen) atoms. The molecule has 0 saturated heterocycles. The largest absolute Gasteiger partial charge is 0.462 e. The molecule has 1 heterocycles. The number of carbonyl (C=O) groups is 1. The zero-order valence-electron chi connectivity index (χ0n) is 15.7. The summed E-state index contributed by atoms with van der Waals surface area (Å²) in [6.45, 7) is 4.60. The minimum Gasteiger partial charge on any atom is -0.462 e. The molecule has 0 spiro atoms. The molecule has 0 fully saturated rings. The van der Waals surface area contributed by atoms with Crippen LogP contribution in [0.4, 0.5) is 17.3 Å². The molecule has 0 unspecified atom stereocenters. The summed E-state index contributed by atoms with van der Waals surface area (Å²) < 4.78 is 4.99. The first-order valence-corrected chi connectivity index (χ1v) is 9.29. The van der Waals surface area contributed by atoms with E-state index >= 15 is 0 Å². The number of nitrogens with zero attached hydrogens (tertiary/aromatic N) is 2. The van der Waals surface area contributed by atoms with E-state index in [-0.39, 0.29) is 5.97 Å². The Bertz CT molecular complexity index is 944. The highest BCUT2D eigenvalue weighted by atomic mass is 35.5. The summed E-state index contributed by atoms with van der Waals surface area (Å²) in [4.78, 5) is 20.6. The Morgan fingerprint density at radius 2 is 1.71 bits per heavy atom. The standard InChI is InChI=1S/C21H21ClN4O2/c1-3-28-21(27)16-6-10-18(11-7-16)26-20-12-19(24-14(2)25-20)23-13-15-4-8-17(22)9-5-15/h4-12H,3,13H2,1-2H3,(H2,23,24,25,26). The third-order valence-electron chi connectivity index (χ3n) is 3.89. The van der Waals surface area contributed by atoms with Crippen molar-refractivity contribution in [1.29, 1.82) is 0 Å². The second-order valence-corrected chi connectivity index (χ2v) is 6.52. The summed E-state index contributed by atoms with van der Waals surface area (Å²) in [7, 11) is 0. The highest BCUT2D eigenvalue weighted by Crippen LogP contribution is 2.19. The monoisotopic (exact) mass is 396 g/mol. The Balaban J connectivity index is 1.67. The van der Waals surface area contributed by atoms with Crippen molar-refractivity contribution in [3.63, 3.8) is 0 Å². The maximum atomic E-state index is 11.7. The third-order valence-corrected chi connectivity index (χ3v) is 4.15. The average Bonchev–Trinajstić information content (AvgIpc) is 2.68. The minimum atomic E-state index is -0.333. The van der Waals surface area contributed by atoms with Gasteiger partial charge in [0.25, 0.3) is 0 Å². The van der Waals surface area contributed by atoms with Crippen LogP contribution in [0.1, 0.15) is 28.7 Å². The van der Waals surface area contributed by atoms with Gasteiger partial charge in [-0.2, -0.15) is 0 Å². The van der Waals surface area contributed by atoms with Gasteiger partial charge in [-0.3, -0.25) is 0 Å². The molecule has 7 heteroatoms. The van der Waals surface area contributed by atoms with E-state index in [9.17, 15) is 4.79 Å². The lowest BCUT2D eigenvalue weighted by Crippen LogP contribution is -2.06. The molecular formula is C21H21ClN4O2. The van der Waals surface area contributed by atoms with Gasteiger partial charge in [-0.05, 0) is 55.8 Å². The SMILES string of the molecule is CCOC(=O)c1ccc(Nc2cc(NCc3ccc(Cl)cc3)nc(C)n2)cc1. The van der Waals surface area contributed by atoms with Gasteiger partial charge in [-0.1, -0.05) is 23.7 Å². The van der Waals surface area contributed by atoms with E-state index < -0.39 is 0 Å². The number of aromatic nitrogens is 2. The van der Waals surface area contributed by atoms with Crippen LogP contribution >= 0.6 is 11.6 Å². The van der Waals surface area contributed by atoms with Crippen molar-refractivity contribution in [3.05, 3.63) is 76.6 Å². The second kappa shape index (κ2) is 9.19. The average molecular weight is 397 g/mol. The van der Waals surface area contributed by atoms with Crippen LogP contribution in [0.15, 0.2) is 54.6 Å². The lowest BCUT2D eigenvalue weighted by molar-refractivity contribution is 0.0526. The molecule has 0 atom stereocenters. The van der Waals surface area contributed by atoms with Crippen LogP contribution < -0.4 is 10.6 Å². The number of halogens is 1. The van der Waals surface area contributed by atoms with Crippen molar-refractivity contribution in [2.45, 2.75) is 20.4 Å². The lowest BCUT2D eigenvalue weighted by Gasteiger charge is -2.11. The molecule has 0 radical (unpaired) electrons. The maximum Gasteiger partial charge on any atom is 0.338 e. The second-order valence-electron chi connectivity index (χ2n) is 6.09. The Morgan fingerprint density at radius 3 is 2.39 bits per heavy atom. The first-order valence-electron chi connectivity index (χ1n) is 8.91. The molecule has 0 aliphatic carbocycles. The van der Waals surface area contributed by atoms with Crippen LogP contribution in [0.3, 0.4) is 0 Å². The van der Waals surface area contributed by atoms with Gasteiger partial charge in [0.05, 0.1) is 12.2 Å². The molecule has 2 N–H and O–H groups in total. The Labute approximate surface area is 168 Å². The van der Waals surface area contributed by atoms with Gasteiger partial charge < -0.3 is 15.4 Å². The van der Waals surface area contributed by atoms with Crippen molar-refractivity contribution in [2.24, 2.45) is 0 Å². The fourth-order valence-electron chi connectivity index (χ4n) is 2.57. The first-order chi connectivity index (χ1) is 13.5. The summed E-state index contributed by atoms with van der Waals surface area (Å²) in [5, 5.41) is 7.23. The van der Waals surface area contributed by atoms with E-state index in [4.69, 9.17) is 16.3 Å². The quantitative estimate of drug-likeness (QED) is 0.549. The number of anilines is 3. The van der Waals surface area contributed by atoms with Gasteiger partial charge in [-0.25, -0.2) is 14.8 Å². The highest BCUT2D eigenvalue weighted by Gasteiger charge is 2.07. The number of aryl methyl sites for hydroxylation is 1. The number of hydrogen-bond acceptors (Lipinski definition) is 6. The first kappa shape index (κ1) is 19.6. The molecule has 0 saturated carbocycles. The molecule has 144 valence electrons. The lowest BCUT2D eigenvalue weighted by atomic mass is 10.2. The van der Waals surface area contributed by atoms with Gasteiger partial charge in [0, 0.05) is 23.3 Å². The van der Waals surface area contributed by atoms with E-state index in [1.807, 2.05) is 49.4 Å². The van der Waals surface area contributed by atoms with Crippen LogP contribution in [-0.4, -0.2) is 22.5 Å². The van der Waals surface area contributed by atoms with Gasteiger partial charge in [0.1, 0.15) is 17.5 Å². The zero-order chi connectivity index (χ0) is 19.9. The van der Waals surface area contributed by atoms with E-state index in [1.165, 1.54) is 0 Å². The molecular weight excluding hydrogens is 376 g/mol. The van der Waals surface area contributed by atoms with Gasteiger partial charge in [0.15, 0.2) is 0 Å². The summed E-state index contributed by atoms with van der Waals surface area (Å²) >= 11 is 5.92. The number of nitrogens with one attached hydrogen (secondary N) is 2. The van der Waals surface area contributed by atoms with Gasteiger partial charge in [0.2, 0.25) is 0 Å². The van der Waals surface area contributed by atoms with Crippen LogP contribution in [0.25, 0.3) is 0 Å². The van der Waals surface area contributed by atoms with E-state index in [0.29, 0.717) is 41.2 Å². The highest BCUT2D eigenvalue weighted by molar-refractivity contribution is 6.30. The summed E-state index contributed by atoms with van der Waals surface area (Å²) in [6, 6.07) is 16.5. The normalized spacial score (nSPS) is 10.4. The molecule has 0 aliphatic rings. The molecule has 1 aromatic heterocycles. The molecule has 0 bridgehead atoms. The van der Waals surface area contributed by atoms with Crippen LogP contribution in [0.5, 0.6) is 0 Å². The number of benzene rings is 2. The molecule has 3 rings (SSSR count). The third kappa shape index (κ3) is 5.44. The van der Waals surface area contributed by atoms with Crippen molar-refractivity contribution < 1.29 is 9.53 Å². The van der Waals surface area contributed by atoms with Crippen LogP contribution in [-0.2, 0) is 11.3 Å². The van der Waals surface area contributed by atoms with Crippen LogP contribution in [0.2, 0.25) is 5.02 Å². The van der Waals surface area contributed by atoms with E-state index in [1.54, 1.807) is 19.1 Å². The number of esters is 1. The Morgan fingerprint density at radius 1 is 1.04 bits per heavy atom. The summed E-state index contributed by atoms with van der Waals surface area (Å²) in [6.07, 6.45) is 0. The van der Waals surface area contributed by atoms with Gasteiger partial charge >= 0.3 is 5.97 Å². The smallest absolute Gasteiger partial charge is 0.338 e. The van der Waals surface area contributed by atoms with E-state index in [2.05, 4.69) is 20.6 Å². The molecule has 2 aromatic carbocycles.